The van der Waals surface area contributed by atoms with Gasteiger partial charge in [-0.1, -0.05) is 53.7 Å². The minimum absolute atomic E-state index is 0.0310. The van der Waals surface area contributed by atoms with Crippen LogP contribution >= 0.6 is 23.4 Å². The maximum Gasteiger partial charge on any atom is 0.277 e. The summed E-state index contributed by atoms with van der Waals surface area (Å²) in [6.07, 6.45) is 0. The van der Waals surface area contributed by atoms with Crippen LogP contribution in [0.3, 0.4) is 0 Å². The number of aryl methyl sites for hydroxylation is 1. The van der Waals surface area contributed by atoms with Crippen LogP contribution < -0.4 is 0 Å². The Bertz CT molecular complexity index is 1140. The lowest BCUT2D eigenvalue weighted by Gasteiger charge is -2.05. The molecule has 0 saturated carbocycles. The Morgan fingerprint density at radius 1 is 1.00 bits per heavy atom. The molecule has 0 bridgehead atoms. The first-order chi connectivity index (χ1) is 14.1. The zero-order valence-electron chi connectivity index (χ0n) is 15.5. The van der Waals surface area contributed by atoms with Gasteiger partial charge in [0.1, 0.15) is 0 Å². The Balaban J connectivity index is 1.46. The van der Waals surface area contributed by atoms with E-state index in [4.69, 9.17) is 16.0 Å². The number of nitrogens with zero attached hydrogens (tertiary/aromatic N) is 3. The van der Waals surface area contributed by atoms with E-state index in [1.807, 2.05) is 49.4 Å². The van der Waals surface area contributed by atoms with Crippen LogP contribution in [0.5, 0.6) is 0 Å². The van der Waals surface area contributed by atoms with Crippen molar-refractivity contribution in [3.8, 4) is 22.7 Å². The number of pyridine rings is 1. The molecule has 4 rings (SSSR count). The molecule has 4 aromatic rings. The molecule has 2 aromatic carbocycles. The van der Waals surface area contributed by atoms with E-state index in [1.54, 1.807) is 24.3 Å². The van der Waals surface area contributed by atoms with Gasteiger partial charge in [0.15, 0.2) is 5.78 Å². The molecule has 0 spiro atoms. The van der Waals surface area contributed by atoms with Crippen molar-refractivity contribution in [2.45, 2.75) is 12.1 Å². The maximum atomic E-state index is 12.3. The lowest BCUT2D eigenvalue weighted by molar-refractivity contribution is 0.102. The summed E-state index contributed by atoms with van der Waals surface area (Å²) in [4.78, 5) is 16.9. The van der Waals surface area contributed by atoms with Gasteiger partial charge in [0.25, 0.3) is 11.1 Å². The highest BCUT2D eigenvalue weighted by atomic mass is 35.5. The first-order valence-electron chi connectivity index (χ1n) is 8.88. The normalized spacial score (nSPS) is 10.8. The Hall–Kier alpha value is -2.96. The number of benzene rings is 2. The number of Topliss-reactive ketones (excluding diaryl/α,β-unsaturated/α-hetero) is 1. The fraction of sp³-hybridized carbons (Fsp3) is 0.0909. The van der Waals surface area contributed by atoms with Crippen molar-refractivity contribution in [2.75, 3.05) is 5.75 Å². The second-order valence-corrected chi connectivity index (χ2v) is 7.65. The molecule has 0 unspecified atom stereocenters. The number of carbonyl (C=O) groups is 1. The smallest absolute Gasteiger partial charge is 0.277 e. The first-order valence-corrected chi connectivity index (χ1v) is 10.2. The highest BCUT2D eigenvalue weighted by molar-refractivity contribution is 7.99. The van der Waals surface area contributed by atoms with E-state index in [0.717, 1.165) is 22.5 Å². The monoisotopic (exact) mass is 421 g/mol. The van der Waals surface area contributed by atoms with Crippen LogP contribution in [-0.4, -0.2) is 26.7 Å². The number of carbonyl (C=O) groups excluding carboxylic acids is 1. The van der Waals surface area contributed by atoms with Crippen LogP contribution in [0, 0.1) is 6.92 Å². The summed E-state index contributed by atoms with van der Waals surface area (Å²) in [7, 11) is 0. The fourth-order valence-electron chi connectivity index (χ4n) is 2.78. The number of aromatic nitrogens is 3. The number of halogens is 1. The van der Waals surface area contributed by atoms with Crippen LogP contribution in [0.1, 0.15) is 16.1 Å². The topological polar surface area (TPSA) is 68.9 Å². The van der Waals surface area contributed by atoms with E-state index >= 15 is 0 Å². The number of ketones is 1. The Kier molecular flexibility index (Phi) is 5.74. The molecule has 0 fully saturated rings. The average molecular weight is 422 g/mol. The van der Waals surface area contributed by atoms with Crippen LogP contribution in [0.25, 0.3) is 22.7 Å². The van der Waals surface area contributed by atoms with Gasteiger partial charge >= 0.3 is 0 Å². The minimum Gasteiger partial charge on any atom is -0.411 e. The largest absolute Gasteiger partial charge is 0.411 e. The summed E-state index contributed by atoms with van der Waals surface area (Å²) >= 11 is 7.06. The minimum atomic E-state index is -0.0310. The van der Waals surface area contributed by atoms with Crippen molar-refractivity contribution in [2.24, 2.45) is 0 Å². The molecule has 2 aromatic heterocycles. The van der Waals surface area contributed by atoms with Gasteiger partial charge in [-0.05, 0) is 43.3 Å². The van der Waals surface area contributed by atoms with Gasteiger partial charge in [-0.3, -0.25) is 9.78 Å². The third-order valence-corrected chi connectivity index (χ3v) is 5.36. The molecule has 0 aliphatic heterocycles. The molecular weight excluding hydrogens is 406 g/mol. The molecule has 5 nitrogen and oxygen atoms in total. The second kappa shape index (κ2) is 8.59. The molecule has 2 heterocycles. The predicted molar refractivity (Wildman–Crippen MR) is 114 cm³/mol. The Morgan fingerprint density at radius 2 is 1.76 bits per heavy atom. The average Bonchev–Trinajstić information content (AvgIpc) is 3.22. The van der Waals surface area contributed by atoms with Gasteiger partial charge in [-0.2, -0.15) is 0 Å². The van der Waals surface area contributed by atoms with Crippen molar-refractivity contribution in [3.63, 3.8) is 0 Å². The molecule has 0 N–H and O–H groups in total. The molecule has 0 amide bonds. The lowest BCUT2D eigenvalue weighted by atomic mass is 10.1. The lowest BCUT2D eigenvalue weighted by Crippen LogP contribution is -2.01. The second-order valence-electron chi connectivity index (χ2n) is 6.29. The molecule has 0 atom stereocenters. The zero-order valence-corrected chi connectivity index (χ0v) is 17.1. The third kappa shape index (κ3) is 4.55. The van der Waals surface area contributed by atoms with Crippen LogP contribution in [-0.2, 0) is 0 Å². The third-order valence-electron chi connectivity index (χ3n) is 4.29. The van der Waals surface area contributed by atoms with E-state index in [9.17, 15) is 4.79 Å². The molecule has 0 radical (unpaired) electrons. The number of rotatable bonds is 6. The summed E-state index contributed by atoms with van der Waals surface area (Å²) in [5, 5.41) is 9.08. The zero-order chi connectivity index (χ0) is 20.2. The van der Waals surface area contributed by atoms with Crippen molar-refractivity contribution in [1.29, 1.82) is 0 Å². The summed E-state index contributed by atoms with van der Waals surface area (Å²) in [6.45, 7) is 1.91. The highest BCUT2D eigenvalue weighted by Crippen LogP contribution is 2.27. The molecule has 0 aliphatic carbocycles. The van der Waals surface area contributed by atoms with Crippen LogP contribution in [0.4, 0.5) is 0 Å². The van der Waals surface area contributed by atoms with Crippen molar-refractivity contribution in [3.05, 3.63) is 83.0 Å². The van der Waals surface area contributed by atoms with Crippen molar-refractivity contribution < 1.29 is 9.21 Å². The van der Waals surface area contributed by atoms with Gasteiger partial charge in [-0.25, -0.2) is 0 Å². The molecule has 7 heteroatoms. The summed E-state index contributed by atoms with van der Waals surface area (Å²) in [5.74, 6) is 0.556. The quantitative estimate of drug-likeness (QED) is 0.292. The van der Waals surface area contributed by atoms with E-state index in [1.165, 1.54) is 11.8 Å². The molecular formula is C22H16ClN3O2S. The molecule has 0 aliphatic rings. The van der Waals surface area contributed by atoms with Crippen molar-refractivity contribution >= 4 is 29.1 Å². The van der Waals surface area contributed by atoms with E-state index in [2.05, 4.69) is 15.2 Å². The van der Waals surface area contributed by atoms with E-state index in [-0.39, 0.29) is 11.5 Å². The van der Waals surface area contributed by atoms with Gasteiger partial charge < -0.3 is 4.42 Å². The Labute approximate surface area is 177 Å². The van der Waals surface area contributed by atoms with Gasteiger partial charge in [0.05, 0.1) is 22.7 Å². The van der Waals surface area contributed by atoms with Crippen LogP contribution in [0.15, 0.2) is 76.4 Å². The van der Waals surface area contributed by atoms with Crippen LogP contribution in [0.2, 0.25) is 5.02 Å². The van der Waals surface area contributed by atoms with Gasteiger partial charge in [0.2, 0.25) is 0 Å². The van der Waals surface area contributed by atoms with E-state index in [0.29, 0.717) is 21.7 Å². The SMILES string of the molecule is Cc1nc(-c2ccccc2)ccc1-c1nnc(SCC(=O)c2ccc(Cl)cc2)o1. The number of hydrogen-bond acceptors (Lipinski definition) is 6. The number of thioether (sulfide) groups is 1. The van der Waals surface area contributed by atoms with E-state index < -0.39 is 0 Å². The standard InChI is InChI=1S/C22H16ClN3O2S/c1-14-18(11-12-19(24-14)15-5-3-2-4-6-15)21-25-26-22(28-21)29-13-20(27)16-7-9-17(23)10-8-16/h2-12H,13H2,1H3. The molecule has 0 saturated heterocycles. The molecule has 144 valence electrons. The maximum absolute atomic E-state index is 12.3. The highest BCUT2D eigenvalue weighted by Gasteiger charge is 2.15. The summed E-state index contributed by atoms with van der Waals surface area (Å²) < 4.78 is 5.73. The van der Waals surface area contributed by atoms with Gasteiger partial charge in [0, 0.05) is 16.1 Å². The predicted octanol–water partition coefficient (Wildman–Crippen LogP) is 5.74. The fourth-order valence-corrected chi connectivity index (χ4v) is 3.56. The van der Waals surface area contributed by atoms with Gasteiger partial charge in [-0.15, -0.1) is 10.2 Å². The first kappa shape index (κ1) is 19.4. The van der Waals surface area contributed by atoms with Crippen molar-refractivity contribution in [1.82, 2.24) is 15.2 Å². The molecule has 29 heavy (non-hydrogen) atoms. The summed E-state index contributed by atoms with van der Waals surface area (Å²) in [5.41, 5.74) is 4.09. The summed E-state index contributed by atoms with van der Waals surface area (Å²) in [6, 6.07) is 20.6. The number of hydrogen-bond donors (Lipinski definition) is 0. The Morgan fingerprint density at radius 3 is 2.48 bits per heavy atom.